The Bertz CT molecular complexity index is 1610. The van der Waals surface area contributed by atoms with E-state index in [0.717, 1.165) is 4.88 Å². The van der Waals surface area contributed by atoms with Crippen molar-refractivity contribution in [3.63, 3.8) is 0 Å². The number of rotatable bonds is 7. The number of thiophene rings is 1. The van der Waals surface area contributed by atoms with Crippen LogP contribution in [0, 0.1) is 6.92 Å². The van der Waals surface area contributed by atoms with Gasteiger partial charge >= 0.3 is 0 Å². The molecule has 0 saturated heterocycles. The first kappa shape index (κ1) is 29.6. The number of benzene rings is 2. The van der Waals surface area contributed by atoms with E-state index in [4.69, 9.17) is 23.2 Å². The van der Waals surface area contributed by atoms with Crippen molar-refractivity contribution >= 4 is 63.3 Å². The van der Waals surface area contributed by atoms with Crippen LogP contribution in [0.1, 0.15) is 36.8 Å². The molecule has 11 heteroatoms. The van der Waals surface area contributed by atoms with Gasteiger partial charge in [0.05, 0.1) is 16.9 Å². The molecule has 0 aliphatic rings. The molecular weight excluding hydrogens is 559 g/mol. The summed E-state index contributed by atoms with van der Waals surface area (Å²) in [4.78, 5) is 47.8. The fourth-order valence-corrected chi connectivity index (χ4v) is 4.71. The Morgan fingerprint density at radius 3 is 2.10 bits per heavy atom. The number of carbonyl (C=O) groups excluding carboxylic acids is 3. The topological polar surface area (TPSA) is 110 Å². The molecule has 0 aliphatic carbocycles. The van der Waals surface area contributed by atoms with Crippen LogP contribution in [0.3, 0.4) is 0 Å². The van der Waals surface area contributed by atoms with Crippen molar-refractivity contribution in [3.05, 3.63) is 97.7 Å². The van der Waals surface area contributed by atoms with E-state index < -0.39 is 0 Å². The van der Waals surface area contributed by atoms with Crippen LogP contribution in [0.15, 0.2) is 75.9 Å². The zero-order valence-corrected chi connectivity index (χ0v) is 23.8. The highest BCUT2D eigenvalue weighted by Gasteiger charge is 2.20. The van der Waals surface area contributed by atoms with Gasteiger partial charge in [-0.1, -0.05) is 41.4 Å². The lowest BCUT2D eigenvalue weighted by atomic mass is 10.1. The molecule has 0 fully saturated rings. The van der Waals surface area contributed by atoms with Gasteiger partial charge in [-0.05, 0) is 60.3 Å². The second-order valence-electron chi connectivity index (χ2n) is 8.27. The first-order valence-electron chi connectivity index (χ1n) is 11.6. The fraction of sp³-hybridized carbons (Fsp3) is 0.143. The zero-order chi connectivity index (χ0) is 28.7. The van der Waals surface area contributed by atoms with Crippen LogP contribution in [-0.2, 0) is 9.59 Å². The van der Waals surface area contributed by atoms with Gasteiger partial charge in [-0.2, -0.15) is 14.9 Å². The van der Waals surface area contributed by atoms with Crippen LogP contribution in [0.4, 0.5) is 5.69 Å². The van der Waals surface area contributed by atoms with E-state index in [0.29, 0.717) is 32.5 Å². The second-order valence-corrected chi connectivity index (χ2v) is 10.1. The monoisotopic (exact) mass is 582 g/mol. The minimum absolute atomic E-state index is 0.111. The number of hydrazone groups is 1. The summed E-state index contributed by atoms with van der Waals surface area (Å²) in [5, 5.41) is 10.9. The third-order valence-electron chi connectivity index (χ3n) is 5.28. The predicted molar refractivity (Wildman–Crippen MR) is 157 cm³/mol. The van der Waals surface area contributed by atoms with E-state index >= 15 is 0 Å². The van der Waals surface area contributed by atoms with Crippen molar-refractivity contribution in [3.8, 4) is 16.1 Å². The van der Waals surface area contributed by atoms with Gasteiger partial charge < -0.3 is 0 Å². The molecule has 39 heavy (non-hydrogen) atoms. The van der Waals surface area contributed by atoms with Gasteiger partial charge in [0, 0.05) is 35.7 Å². The van der Waals surface area contributed by atoms with Gasteiger partial charge in [0.1, 0.15) is 5.69 Å². The van der Waals surface area contributed by atoms with E-state index in [2.05, 4.69) is 15.6 Å². The largest absolute Gasteiger partial charge is 0.293 e. The summed E-state index contributed by atoms with van der Waals surface area (Å²) >= 11 is 13.2. The Balaban J connectivity index is 0.000000231. The summed E-state index contributed by atoms with van der Waals surface area (Å²) in [7, 11) is 0. The second kappa shape index (κ2) is 13.2. The summed E-state index contributed by atoms with van der Waals surface area (Å²) in [6.07, 6.45) is 0. The molecule has 4 aromatic rings. The smallest absolute Gasteiger partial charge is 0.280 e. The number of hydrogen-bond acceptors (Lipinski definition) is 8. The van der Waals surface area contributed by atoms with Crippen LogP contribution in [-0.4, -0.2) is 32.8 Å². The molecule has 0 aliphatic heterocycles. The Hall–Kier alpha value is -3.92. The Morgan fingerprint density at radius 1 is 0.923 bits per heavy atom. The number of nitrogens with one attached hydrogen (secondary N) is 1. The van der Waals surface area contributed by atoms with Crippen LogP contribution in [0.5, 0.6) is 0 Å². The van der Waals surface area contributed by atoms with Crippen molar-refractivity contribution < 1.29 is 14.4 Å². The van der Waals surface area contributed by atoms with E-state index in [-0.39, 0.29) is 34.3 Å². The lowest BCUT2D eigenvalue weighted by Gasteiger charge is -2.12. The SMILES string of the molecule is CC(=O)C(=NNc1cccc(Cl)c1)C(C)=O.CC(=O)c1nn(-c2cccc(Cl)c2)c(=O)c(-c2cccs2)c1C. The number of ketones is 3. The van der Waals surface area contributed by atoms with E-state index in [1.54, 1.807) is 55.5 Å². The third kappa shape index (κ3) is 7.57. The number of anilines is 1. The molecule has 1 N–H and O–H groups in total. The maximum Gasteiger partial charge on any atom is 0.280 e. The summed E-state index contributed by atoms with van der Waals surface area (Å²) in [6.45, 7) is 5.78. The highest BCUT2D eigenvalue weighted by molar-refractivity contribution is 7.13. The molecule has 2 aromatic carbocycles. The average Bonchev–Trinajstić information content (AvgIpc) is 3.38. The zero-order valence-electron chi connectivity index (χ0n) is 21.5. The van der Waals surface area contributed by atoms with Crippen molar-refractivity contribution in [1.82, 2.24) is 9.78 Å². The Morgan fingerprint density at radius 2 is 1.56 bits per heavy atom. The molecule has 0 radical (unpaired) electrons. The molecule has 4 rings (SSSR count). The molecule has 2 heterocycles. The van der Waals surface area contributed by atoms with E-state index in [1.165, 1.54) is 36.8 Å². The molecule has 0 spiro atoms. The highest BCUT2D eigenvalue weighted by atomic mass is 35.5. The minimum Gasteiger partial charge on any atom is -0.293 e. The van der Waals surface area contributed by atoms with Crippen molar-refractivity contribution in [2.45, 2.75) is 27.7 Å². The molecule has 200 valence electrons. The number of nitrogens with zero attached hydrogens (tertiary/aromatic N) is 3. The summed E-state index contributed by atoms with van der Waals surface area (Å²) < 4.78 is 1.24. The van der Waals surface area contributed by atoms with Gasteiger partial charge in [0.2, 0.25) is 0 Å². The Labute approximate surface area is 238 Å². The van der Waals surface area contributed by atoms with Crippen LogP contribution >= 0.6 is 34.5 Å². The highest BCUT2D eigenvalue weighted by Crippen LogP contribution is 2.26. The maximum absolute atomic E-state index is 12.9. The molecule has 0 unspecified atom stereocenters. The van der Waals surface area contributed by atoms with Crippen LogP contribution in [0.2, 0.25) is 10.0 Å². The summed E-state index contributed by atoms with van der Waals surface area (Å²) in [5.74, 6) is -0.930. The molecule has 0 atom stereocenters. The molecular formula is C28H24Cl2N4O4S. The van der Waals surface area contributed by atoms with Crippen molar-refractivity contribution in [1.29, 1.82) is 0 Å². The van der Waals surface area contributed by atoms with Crippen molar-refractivity contribution in [2.24, 2.45) is 5.10 Å². The molecule has 0 amide bonds. The van der Waals surface area contributed by atoms with E-state index in [1.807, 2.05) is 17.5 Å². The summed E-state index contributed by atoms with van der Waals surface area (Å²) in [5.41, 5.74) is 4.77. The van der Waals surface area contributed by atoms with Crippen LogP contribution in [0.25, 0.3) is 16.1 Å². The molecule has 2 aromatic heterocycles. The Kier molecular flexibility index (Phi) is 10.1. The number of halogens is 2. The lowest BCUT2D eigenvalue weighted by Crippen LogP contribution is -2.26. The average molecular weight is 583 g/mol. The number of aromatic nitrogens is 2. The quantitative estimate of drug-likeness (QED) is 0.117. The molecule has 8 nitrogen and oxygen atoms in total. The van der Waals surface area contributed by atoms with E-state index in [9.17, 15) is 19.2 Å². The van der Waals surface area contributed by atoms with Gasteiger partial charge in [0.15, 0.2) is 23.1 Å². The third-order valence-corrected chi connectivity index (χ3v) is 6.64. The van der Waals surface area contributed by atoms with Crippen molar-refractivity contribution in [2.75, 3.05) is 5.43 Å². The predicted octanol–water partition coefficient (Wildman–Crippen LogP) is 6.41. The van der Waals surface area contributed by atoms with Crippen LogP contribution < -0.4 is 11.0 Å². The fourth-order valence-electron chi connectivity index (χ4n) is 3.52. The van der Waals surface area contributed by atoms with Gasteiger partial charge in [0.25, 0.3) is 5.56 Å². The first-order valence-corrected chi connectivity index (χ1v) is 13.2. The number of hydrogen-bond donors (Lipinski definition) is 1. The lowest BCUT2D eigenvalue weighted by molar-refractivity contribution is -0.114. The van der Waals surface area contributed by atoms with Gasteiger partial charge in [-0.25, -0.2) is 0 Å². The number of Topliss-reactive ketones (excluding diaryl/α,β-unsaturated/α-hetero) is 3. The van der Waals surface area contributed by atoms with Gasteiger partial charge in [-0.3, -0.25) is 24.6 Å². The van der Waals surface area contributed by atoms with Gasteiger partial charge in [-0.15, -0.1) is 11.3 Å². The molecule has 0 saturated carbocycles. The summed E-state index contributed by atoms with van der Waals surface area (Å²) in [6, 6.07) is 17.4. The minimum atomic E-state index is -0.373. The molecule has 0 bridgehead atoms. The normalized spacial score (nSPS) is 10.2. The maximum atomic E-state index is 12.9. The number of carbonyl (C=O) groups is 3. The standard InChI is InChI=1S/C17H13ClN2O2S.C11H11ClN2O2/c1-10-15(14-7-4-8-23-14)17(22)20(19-16(10)11(2)21)13-6-3-5-12(18)9-13;1-7(15)11(8(2)16)14-13-10-5-3-4-9(12)6-10/h3-9H,1-2H3;3-6,13H,1-2H3. The first-order chi connectivity index (χ1) is 18.5.